The number of H-pyrrole nitrogens is 1. The summed E-state index contributed by atoms with van der Waals surface area (Å²) in [6.07, 6.45) is 1.86. The van der Waals surface area contributed by atoms with E-state index in [0.29, 0.717) is 17.0 Å². The predicted octanol–water partition coefficient (Wildman–Crippen LogP) is 4.57. The van der Waals surface area contributed by atoms with Crippen molar-refractivity contribution in [3.8, 4) is 0 Å². The molecule has 1 N–H and O–H groups in total. The summed E-state index contributed by atoms with van der Waals surface area (Å²) in [6.45, 7) is 1.58. The molecule has 0 unspecified atom stereocenters. The van der Waals surface area contributed by atoms with Crippen LogP contribution in [0.15, 0.2) is 54.7 Å². The third kappa shape index (κ3) is 4.09. The lowest BCUT2D eigenvalue weighted by atomic mass is 10.1. The molecule has 0 saturated heterocycles. The maximum absolute atomic E-state index is 12.3. The molecule has 0 aliphatic rings. The molecule has 0 spiro atoms. The van der Waals surface area contributed by atoms with Gasteiger partial charge >= 0.3 is 5.97 Å². The first kappa shape index (κ1) is 17.2. The van der Waals surface area contributed by atoms with Crippen LogP contribution in [0.3, 0.4) is 0 Å². The van der Waals surface area contributed by atoms with Gasteiger partial charge in [-0.1, -0.05) is 29.8 Å². The van der Waals surface area contributed by atoms with Gasteiger partial charge in [0, 0.05) is 34.1 Å². The molecule has 0 aliphatic carbocycles. The van der Waals surface area contributed by atoms with E-state index in [0.717, 1.165) is 16.5 Å². The molecule has 0 amide bonds. The number of carbonyl (C=O) groups excluding carboxylic acids is 2. The van der Waals surface area contributed by atoms with Crippen molar-refractivity contribution in [1.82, 2.24) is 4.98 Å². The first-order valence-corrected chi connectivity index (χ1v) is 8.46. The molecular weight excluding hydrogens is 338 g/mol. The van der Waals surface area contributed by atoms with Gasteiger partial charge in [-0.3, -0.25) is 9.59 Å². The van der Waals surface area contributed by atoms with Crippen molar-refractivity contribution in [1.29, 1.82) is 0 Å². The van der Waals surface area contributed by atoms with Gasteiger partial charge in [-0.05, 0) is 49.2 Å². The van der Waals surface area contributed by atoms with Crippen LogP contribution in [0, 0.1) is 0 Å². The number of rotatable bonds is 6. The van der Waals surface area contributed by atoms with Gasteiger partial charge in [-0.2, -0.15) is 0 Å². The summed E-state index contributed by atoms with van der Waals surface area (Å²) in [5.41, 5.74) is 2.57. The molecule has 3 rings (SSSR count). The largest absolute Gasteiger partial charge is 0.454 e. The van der Waals surface area contributed by atoms with Crippen molar-refractivity contribution in [2.45, 2.75) is 25.9 Å². The minimum atomic E-state index is -0.823. The van der Waals surface area contributed by atoms with Crippen molar-refractivity contribution in [3.05, 3.63) is 70.9 Å². The van der Waals surface area contributed by atoms with Crippen LogP contribution in [0.25, 0.3) is 10.9 Å². The molecule has 3 aromatic rings. The number of hydrogen-bond donors (Lipinski definition) is 1. The summed E-state index contributed by atoms with van der Waals surface area (Å²) in [4.78, 5) is 27.5. The van der Waals surface area contributed by atoms with E-state index < -0.39 is 6.10 Å². The zero-order chi connectivity index (χ0) is 17.8. The molecule has 0 radical (unpaired) electrons. The standard InChI is InChI=1S/C20H18ClNO3/c1-13(20(24)14-6-9-16(21)10-7-14)25-19(23)11-8-15-12-22-18-5-3-2-4-17(15)18/h2-7,9-10,12-13,22H,8,11H2,1H3/t13-/m1/s1. The van der Waals surface area contributed by atoms with Gasteiger partial charge in [0.2, 0.25) is 5.78 Å². The Balaban J connectivity index is 1.56. The van der Waals surface area contributed by atoms with Crippen LogP contribution in [0.5, 0.6) is 0 Å². The van der Waals surface area contributed by atoms with E-state index in [9.17, 15) is 9.59 Å². The fourth-order valence-electron chi connectivity index (χ4n) is 2.73. The van der Waals surface area contributed by atoms with Crippen LogP contribution in [0.2, 0.25) is 5.02 Å². The Morgan fingerprint density at radius 1 is 1.12 bits per heavy atom. The minimum absolute atomic E-state index is 0.222. The lowest BCUT2D eigenvalue weighted by Gasteiger charge is -2.12. The average Bonchev–Trinajstić information content (AvgIpc) is 3.03. The number of hydrogen-bond acceptors (Lipinski definition) is 3. The molecule has 1 heterocycles. The fraction of sp³-hybridized carbons (Fsp3) is 0.200. The molecule has 2 aromatic carbocycles. The first-order chi connectivity index (χ1) is 12.0. The highest BCUT2D eigenvalue weighted by atomic mass is 35.5. The Morgan fingerprint density at radius 3 is 2.60 bits per heavy atom. The number of aromatic amines is 1. The second kappa shape index (κ2) is 7.53. The number of benzene rings is 2. The Hall–Kier alpha value is -2.59. The van der Waals surface area contributed by atoms with Gasteiger partial charge < -0.3 is 9.72 Å². The zero-order valence-corrected chi connectivity index (χ0v) is 14.5. The highest BCUT2D eigenvalue weighted by molar-refractivity contribution is 6.30. The number of para-hydroxylation sites is 1. The number of carbonyl (C=O) groups is 2. The second-order valence-electron chi connectivity index (χ2n) is 5.86. The molecule has 4 nitrogen and oxygen atoms in total. The number of ether oxygens (including phenoxy) is 1. The summed E-state index contributed by atoms with van der Waals surface area (Å²) in [5, 5.41) is 1.65. The Morgan fingerprint density at radius 2 is 1.84 bits per heavy atom. The van der Waals surface area contributed by atoms with E-state index in [4.69, 9.17) is 16.3 Å². The Bertz CT molecular complexity index is 899. The highest BCUT2D eigenvalue weighted by Crippen LogP contribution is 2.19. The van der Waals surface area contributed by atoms with Crippen LogP contribution >= 0.6 is 11.6 Å². The highest BCUT2D eigenvalue weighted by Gasteiger charge is 2.19. The van der Waals surface area contributed by atoms with E-state index in [-0.39, 0.29) is 18.2 Å². The number of nitrogens with one attached hydrogen (secondary N) is 1. The molecule has 0 bridgehead atoms. The molecule has 128 valence electrons. The summed E-state index contributed by atoms with van der Waals surface area (Å²) < 4.78 is 5.28. The summed E-state index contributed by atoms with van der Waals surface area (Å²) in [7, 11) is 0. The maximum atomic E-state index is 12.3. The second-order valence-corrected chi connectivity index (χ2v) is 6.30. The lowest BCUT2D eigenvalue weighted by Crippen LogP contribution is -2.24. The van der Waals surface area contributed by atoms with Gasteiger partial charge in [-0.15, -0.1) is 0 Å². The number of halogens is 1. The predicted molar refractivity (Wildman–Crippen MR) is 98.0 cm³/mol. The Labute approximate surface area is 150 Å². The Kier molecular flexibility index (Phi) is 5.19. The van der Waals surface area contributed by atoms with Crippen molar-refractivity contribution in [2.75, 3.05) is 0 Å². The van der Waals surface area contributed by atoms with E-state index in [2.05, 4.69) is 4.98 Å². The first-order valence-electron chi connectivity index (χ1n) is 8.09. The van der Waals surface area contributed by atoms with E-state index in [1.54, 1.807) is 31.2 Å². The summed E-state index contributed by atoms with van der Waals surface area (Å²) in [6, 6.07) is 14.5. The fourth-order valence-corrected chi connectivity index (χ4v) is 2.86. The van der Waals surface area contributed by atoms with E-state index in [1.165, 1.54) is 0 Å². The van der Waals surface area contributed by atoms with Crippen LogP contribution in [0.4, 0.5) is 0 Å². The average molecular weight is 356 g/mol. The van der Waals surface area contributed by atoms with Crippen LogP contribution in [-0.4, -0.2) is 22.8 Å². The van der Waals surface area contributed by atoms with E-state index in [1.807, 2.05) is 30.5 Å². The molecular formula is C20H18ClNO3. The number of Topliss-reactive ketones (excluding diaryl/α,β-unsaturated/α-hetero) is 1. The van der Waals surface area contributed by atoms with Crippen molar-refractivity contribution >= 4 is 34.3 Å². The molecule has 1 aromatic heterocycles. The molecule has 0 aliphatic heterocycles. The molecule has 25 heavy (non-hydrogen) atoms. The summed E-state index contributed by atoms with van der Waals surface area (Å²) in [5.74, 6) is -0.628. The third-order valence-electron chi connectivity index (χ3n) is 4.08. The van der Waals surface area contributed by atoms with Crippen molar-refractivity contribution < 1.29 is 14.3 Å². The number of aromatic nitrogens is 1. The monoisotopic (exact) mass is 355 g/mol. The van der Waals surface area contributed by atoms with Crippen molar-refractivity contribution in [2.24, 2.45) is 0 Å². The topological polar surface area (TPSA) is 59.2 Å². The third-order valence-corrected chi connectivity index (χ3v) is 4.33. The van der Waals surface area contributed by atoms with Gasteiger partial charge in [-0.25, -0.2) is 0 Å². The quantitative estimate of drug-likeness (QED) is 0.520. The molecule has 1 atom stereocenters. The van der Waals surface area contributed by atoms with Crippen LogP contribution in [0.1, 0.15) is 29.3 Å². The van der Waals surface area contributed by atoms with Gasteiger partial charge in [0.05, 0.1) is 0 Å². The van der Waals surface area contributed by atoms with E-state index >= 15 is 0 Å². The smallest absolute Gasteiger partial charge is 0.306 e. The number of esters is 1. The summed E-state index contributed by atoms with van der Waals surface area (Å²) >= 11 is 5.81. The molecule has 0 saturated carbocycles. The number of ketones is 1. The maximum Gasteiger partial charge on any atom is 0.306 e. The zero-order valence-electron chi connectivity index (χ0n) is 13.8. The van der Waals surface area contributed by atoms with Crippen LogP contribution < -0.4 is 0 Å². The van der Waals surface area contributed by atoms with Gasteiger partial charge in [0.15, 0.2) is 6.10 Å². The lowest BCUT2D eigenvalue weighted by molar-refractivity contribution is -0.146. The van der Waals surface area contributed by atoms with Crippen LogP contribution in [-0.2, 0) is 16.0 Å². The molecule has 5 heteroatoms. The number of aryl methyl sites for hydroxylation is 1. The normalized spacial score (nSPS) is 12.1. The molecule has 0 fully saturated rings. The number of fused-ring (bicyclic) bond motifs is 1. The SMILES string of the molecule is C[C@@H](OC(=O)CCc1c[nH]c2ccccc12)C(=O)c1ccc(Cl)cc1. The van der Waals surface area contributed by atoms with Gasteiger partial charge in [0.25, 0.3) is 0 Å². The van der Waals surface area contributed by atoms with Gasteiger partial charge in [0.1, 0.15) is 0 Å². The van der Waals surface area contributed by atoms with Crippen molar-refractivity contribution in [3.63, 3.8) is 0 Å². The minimum Gasteiger partial charge on any atom is -0.454 e.